The lowest BCUT2D eigenvalue weighted by atomic mass is 10.2. The van der Waals surface area contributed by atoms with Crippen molar-refractivity contribution >= 4 is 25.4 Å². The fraction of sp³-hybridized carbons (Fsp3) is 0.143. The van der Waals surface area contributed by atoms with Gasteiger partial charge in [0.15, 0.2) is 4.90 Å². The van der Waals surface area contributed by atoms with Crippen LogP contribution < -0.4 is 0 Å². The molecule has 1 rings (SSSR count). The highest BCUT2D eigenvalue weighted by Gasteiger charge is 2.31. The van der Waals surface area contributed by atoms with E-state index in [1.807, 2.05) is 0 Å². The highest BCUT2D eigenvalue weighted by Crippen LogP contribution is 2.32. The molecule has 0 saturated carbocycles. The molecule has 0 unspecified atom stereocenters. The van der Waals surface area contributed by atoms with Crippen LogP contribution in [0.4, 0.5) is 14.5 Å². The first-order valence-electron chi connectivity index (χ1n) is 4.00. The zero-order valence-electron chi connectivity index (χ0n) is 8.17. The van der Waals surface area contributed by atoms with E-state index in [4.69, 9.17) is 15.9 Å². The molecular formula is C7H2ClF2N3O4S. The van der Waals surface area contributed by atoms with E-state index in [9.17, 15) is 27.3 Å². The van der Waals surface area contributed by atoms with Gasteiger partial charge in [-0.15, -0.1) is 0 Å². The van der Waals surface area contributed by atoms with E-state index in [-0.39, 0.29) is 6.07 Å². The van der Waals surface area contributed by atoms with Crippen LogP contribution in [0.1, 0.15) is 17.8 Å². The summed E-state index contributed by atoms with van der Waals surface area (Å²) >= 11 is 0. The standard InChI is InChI=1S/C7H2ClF2N3O4S/c8-18(16,17)5-1-3(7(9)10)12-4(2-11)6(5)13(14)15/h1,7H. The Morgan fingerprint density at radius 1 is 1.56 bits per heavy atom. The number of nitrogens with zero attached hydrogens (tertiary/aromatic N) is 3. The minimum absolute atomic E-state index is 0.270. The average molecular weight is 298 g/mol. The third-order valence-corrected chi connectivity index (χ3v) is 3.09. The molecule has 96 valence electrons. The van der Waals surface area contributed by atoms with Crippen LogP contribution in [0.2, 0.25) is 0 Å². The van der Waals surface area contributed by atoms with Gasteiger partial charge in [-0.05, 0) is 6.07 Å². The third kappa shape index (κ3) is 2.69. The second kappa shape index (κ2) is 4.79. The molecule has 1 aromatic heterocycles. The van der Waals surface area contributed by atoms with Crippen LogP contribution in [-0.4, -0.2) is 18.3 Å². The largest absolute Gasteiger partial charge is 0.325 e. The third-order valence-electron chi connectivity index (χ3n) is 1.75. The monoisotopic (exact) mass is 297 g/mol. The molecule has 0 aliphatic carbocycles. The fourth-order valence-corrected chi connectivity index (χ4v) is 2.10. The number of rotatable bonds is 3. The predicted molar refractivity (Wildman–Crippen MR) is 53.6 cm³/mol. The first-order chi connectivity index (χ1) is 8.18. The summed E-state index contributed by atoms with van der Waals surface area (Å²) < 4.78 is 47.0. The van der Waals surface area contributed by atoms with E-state index in [1.54, 1.807) is 0 Å². The van der Waals surface area contributed by atoms with Crippen molar-refractivity contribution in [1.82, 2.24) is 4.98 Å². The van der Waals surface area contributed by atoms with E-state index in [0.29, 0.717) is 0 Å². The van der Waals surface area contributed by atoms with Crippen LogP contribution in [0.5, 0.6) is 0 Å². The summed E-state index contributed by atoms with van der Waals surface area (Å²) in [6, 6.07) is 1.45. The van der Waals surface area contributed by atoms with Crippen molar-refractivity contribution in [3.63, 3.8) is 0 Å². The average Bonchev–Trinajstić information content (AvgIpc) is 2.25. The number of hydrogen-bond acceptors (Lipinski definition) is 6. The van der Waals surface area contributed by atoms with Crippen LogP contribution in [0.3, 0.4) is 0 Å². The smallest absolute Gasteiger partial charge is 0.258 e. The molecule has 0 N–H and O–H groups in total. The van der Waals surface area contributed by atoms with Gasteiger partial charge >= 0.3 is 5.69 Å². The van der Waals surface area contributed by atoms with Gasteiger partial charge < -0.3 is 0 Å². The molecule has 0 bridgehead atoms. The van der Waals surface area contributed by atoms with Crippen molar-refractivity contribution in [2.45, 2.75) is 11.3 Å². The van der Waals surface area contributed by atoms with E-state index < -0.39 is 42.4 Å². The van der Waals surface area contributed by atoms with E-state index in [2.05, 4.69) is 4.98 Å². The highest BCUT2D eigenvalue weighted by molar-refractivity contribution is 8.13. The molecule has 0 aliphatic rings. The Bertz CT molecular complexity index is 655. The van der Waals surface area contributed by atoms with Gasteiger partial charge in [0.05, 0.1) is 4.92 Å². The van der Waals surface area contributed by atoms with Crippen molar-refractivity contribution in [2.24, 2.45) is 0 Å². The Hall–Kier alpha value is -1.86. The van der Waals surface area contributed by atoms with Gasteiger partial charge in [-0.25, -0.2) is 22.2 Å². The molecule has 0 amide bonds. The van der Waals surface area contributed by atoms with Gasteiger partial charge in [-0.2, -0.15) is 5.26 Å². The first kappa shape index (κ1) is 14.2. The molecule has 18 heavy (non-hydrogen) atoms. The van der Waals surface area contributed by atoms with Gasteiger partial charge in [0.25, 0.3) is 15.5 Å². The maximum Gasteiger partial charge on any atom is 0.325 e. The fourth-order valence-electron chi connectivity index (χ4n) is 1.09. The molecule has 7 nitrogen and oxygen atoms in total. The second-order valence-electron chi connectivity index (χ2n) is 2.85. The zero-order chi connectivity index (χ0) is 14.1. The number of alkyl halides is 2. The van der Waals surface area contributed by atoms with Gasteiger partial charge in [-0.3, -0.25) is 10.1 Å². The second-order valence-corrected chi connectivity index (χ2v) is 5.38. The summed E-state index contributed by atoms with van der Waals surface area (Å²) in [5, 5.41) is 19.2. The number of aromatic nitrogens is 1. The number of nitriles is 1. The first-order valence-corrected chi connectivity index (χ1v) is 6.31. The molecule has 0 spiro atoms. The predicted octanol–water partition coefficient (Wildman–Crippen LogP) is 1.73. The molecule has 0 aliphatic heterocycles. The van der Waals surface area contributed by atoms with Crippen molar-refractivity contribution in [3.05, 3.63) is 27.6 Å². The van der Waals surface area contributed by atoms with Crippen LogP contribution in [-0.2, 0) is 9.05 Å². The Morgan fingerprint density at radius 3 is 2.44 bits per heavy atom. The quantitative estimate of drug-likeness (QED) is 0.477. The van der Waals surface area contributed by atoms with E-state index in [0.717, 1.165) is 0 Å². The SMILES string of the molecule is N#Cc1nc(C(F)F)cc(S(=O)(=O)Cl)c1[N+](=O)[O-]. The lowest BCUT2D eigenvalue weighted by molar-refractivity contribution is -0.388. The van der Waals surface area contributed by atoms with Gasteiger partial charge in [0.1, 0.15) is 11.8 Å². The lowest BCUT2D eigenvalue weighted by Crippen LogP contribution is -2.06. The Balaban J connectivity index is 3.81. The summed E-state index contributed by atoms with van der Waals surface area (Å²) in [7, 11) is 0.238. The summed E-state index contributed by atoms with van der Waals surface area (Å²) in [4.78, 5) is 11.2. The highest BCUT2D eigenvalue weighted by atomic mass is 35.7. The van der Waals surface area contributed by atoms with Gasteiger partial charge in [0.2, 0.25) is 5.69 Å². The summed E-state index contributed by atoms with van der Waals surface area (Å²) in [5.74, 6) is 0. The van der Waals surface area contributed by atoms with Crippen molar-refractivity contribution in [1.29, 1.82) is 5.26 Å². The van der Waals surface area contributed by atoms with Gasteiger partial charge in [-0.1, -0.05) is 0 Å². The molecule has 11 heteroatoms. The van der Waals surface area contributed by atoms with Crippen molar-refractivity contribution in [3.8, 4) is 6.07 Å². The molecule has 0 aromatic carbocycles. The van der Waals surface area contributed by atoms with E-state index >= 15 is 0 Å². The number of halogens is 3. The minimum Gasteiger partial charge on any atom is -0.258 e. The normalized spacial score (nSPS) is 11.3. The Morgan fingerprint density at radius 2 is 2.11 bits per heavy atom. The van der Waals surface area contributed by atoms with Crippen LogP contribution in [0.25, 0.3) is 0 Å². The Kier molecular flexibility index (Phi) is 3.78. The van der Waals surface area contributed by atoms with Crippen LogP contribution in [0.15, 0.2) is 11.0 Å². The summed E-state index contributed by atoms with van der Waals surface area (Å²) in [5.41, 5.74) is -3.36. The summed E-state index contributed by atoms with van der Waals surface area (Å²) in [6.07, 6.45) is -3.20. The zero-order valence-corrected chi connectivity index (χ0v) is 9.74. The minimum atomic E-state index is -4.66. The molecule has 0 radical (unpaired) electrons. The van der Waals surface area contributed by atoms with Crippen molar-refractivity contribution < 1.29 is 22.1 Å². The molecule has 1 heterocycles. The number of nitro groups is 1. The van der Waals surface area contributed by atoms with E-state index in [1.165, 1.54) is 6.07 Å². The topological polar surface area (TPSA) is 114 Å². The summed E-state index contributed by atoms with van der Waals surface area (Å²) in [6.45, 7) is 0. The Labute approximate surface area is 103 Å². The lowest BCUT2D eigenvalue weighted by Gasteiger charge is -2.04. The molecule has 1 aromatic rings. The van der Waals surface area contributed by atoms with Crippen molar-refractivity contribution in [2.75, 3.05) is 0 Å². The molecule has 0 atom stereocenters. The van der Waals surface area contributed by atoms with Crippen LogP contribution >= 0.6 is 10.7 Å². The molecule has 0 fully saturated rings. The maximum absolute atomic E-state index is 12.4. The molecular weight excluding hydrogens is 296 g/mol. The van der Waals surface area contributed by atoms with Crippen LogP contribution in [0, 0.1) is 21.4 Å². The maximum atomic E-state index is 12.4. The number of pyridine rings is 1. The molecule has 0 saturated heterocycles. The van der Waals surface area contributed by atoms with Gasteiger partial charge in [0, 0.05) is 10.7 Å². The number of hydrogen-bond donors (Lipinski definition) is 0.